The van der Waals surface area contributed by atoms with Gasteiger partial charge in [0.2, 0.25) is 0 Å². The van der Waals surface area contributed by atoms with E-state index >= 15 is 0 Å². The van der Waals surface area contributed by atoms with Crippen molar-refractivity contribution in [3.63, 3.8) is 0 Å². The summed E-state index contributed by atoms with van der Waals surface area (Å²) in [5, 5.41) is 4.27. The number of pyridine rings is 1. The van der Waals surface area contributed by atoms with Crippen LogP contribution in [-0.2, 0) is 6.54 Å². The second kappa shape index (κ2) is 5.00. The molecule has 0 unspecified atom stereocenters. The molecule has 0 saturated heterocycles. The van der Waals surface area contributed by atoms with Crippen LogP contribution in [0.25, 0.3) is 10.7 Å². The summed E-state index contributed by atoms with van der Waals surface area (Å²) in [4.78, 5) is 9.87. The highest BCUT2D eigenvalue weighted by Crippen LogP contribution is 2.22. The van der Waals surface area contributed by atoms with Crippen LogP contribution in [0.5, 0.6) is 0 Å². The van der Waals surface area contributed by atoms with Crippen LogP contribution in [-0.4, -0.2) is 16.5 Å². The average molecular weight is 219 g/mol. The standard InChI is InChI=1S/C11H13N3S/c1-2-12-7-9-8-14-11(15-9)10-5-3-4-6-13-10/h3-6,8,12H,2,7H2,1H3. The summed E-state index contributed by atoms with van der Waals surface area (Å²) in [5.74, 6) is 0. The lowest BCUT2D eigenvalue weighted by Gasteiger charge is -1.95. The third-order valence-corrected chi connectivity index (χ3v) is 3.01. The van der Waals surface area contributed by atoms with Crippen molar-refractivity contribution >= 4 is 11.3 Å². The van der Waals surface area contributed by atoms with Crippen LogP contribution in [0.4, 0.5) is 0 Å². The van der Waals surface area contributed by atoms with Gasteiger partial charge in [-0.15, -0.1) is 11.3 Å². The summed E-state index contributed by atoms with van der Waals surface area (Å²) in [6.07, 6.45) is 3.71. The molecule has 0 aliphatic heterocycles. The van der Waals surface area contributed by atoms with E-state index < -0.39 is 0 Å². The topological polar surface area (TPSA) is 37.8 Å². The van der Waals surface area contributed by atoms with Crippen LogP contribution in [0.3, 0.4) is 0 Å². The van der Waals surface area contributed by atoms with Gasteiger partial charge in [-0.25, -0.2) is 4.98 Å². The molecule has 15 heavy (non-hydrogen) atoms. The maximum atomic E-state index is 4.36. The van der Waals surface area contributed by atoms with Gasteiger partial charge in [-0.2, -0.15) is 0 Å². The van der Waals surface area contributed by atoms with E-state index in [0.717, 1.165) is 23.8 Å². The van der Waals surface area contributed by atoms with Crippen LogP contribution in [0.1, 0.15) is 11.8 Å². The number of rotatable bonds is 4. The second-order valence-electron chi connectivity index (χ2n) is 3.13. The molecule has 1 N–H and O–H groups in total. The summed E-state index contributed by atoms with van der Waals surface area (Å²) in [7, 11) is 0. The monoisotopic (exact) mass is 219 g/mol. The Morgan fingerprint density at radius 3 is 3.00 bits per heavy atom. The maximum Gasteiger partial charge on any atom is 0.142 e. The summed E-state index contributed by atoms with van der Waals surface area (Å²) < 4.78 is 0. The van der Waals surface area contributed by atoms with Gasteiger partial charge in [0.25, 0.3) is 0 Å². The number of nitrogens with zero attached hydrogens (tertiary/aromatic N) is 2. The van der Waals surface area contributed by atoms with Crippen molar-refractivity contribution in [3.8, 4) is 10.7 Å². The Balaban J connectivity index is 2.14. The molecule has 0 aromatic carbocycles. The third kappa shape index (κ3) is 2.61. The molecule has 4 heteroatoms. The molecule has 0 amide bonds. The Labute approximate surface area is 93.2 Å². The summed E-state index contributed by atoms with van der Waals surface area (Å²) >= 11 is 1.69. The Hall–Kier alpha value is -1.26. The van der Waals surface area contributed by atoms with Gasteiger partial charge in [0.1, 0.15) is 5.01 Å². The van der Waals surface area contributed by atoms with Crippen LogP contribution in [0, 0.1) is 0 Å². The molecule has 78 valence electrons. The predicted molar refractivity (Wildman–Crippen MR) is 62.7 cm³/mol. The van der Waals surface area contributed by atoms with E-state index in [0.29, 0.717) is 0 Å². The van der Waals surface area contributed by atoms with E-state index in [1.54, 1.807) is 17.5 Å². The van der Waals surface area contributed by atoms with E-state index in [1.807, 2.05) is 24.4 Å². The smallest absolute Gasteiger partial charge is 0.142 e. The SMILES string of the molecule is CCNCc1cnc(-c2ccccn2)s1. The highest BCUT2D eigenvalue weighted by Gasteiger charge is 2.04. The lowest BCUT2D eigenvalue weighted by atomic mass is 10.4. The summed E-state index contributed by atoms with van der Waals surface area (Å²) in [5.41, 5.74) is 0.949. The van der Waals surface area contributed by atoms with Crippen LogP contribution < -0.4 is 5.32 Å². The normalized spacial score (nSPS) is 10.5. The maximum absolute atomic E-state index is 4.36. The number of thiazole rings is 1. The minimum Gasteiger partial charge on any atom is -0.312 e. The molecule has 0 radical (unpaired) electrons. The van der Waals surface area contributed by atoms with E-state index in [1.165, 1.54) is 4.88 Å². The molecule has 2 aromatic heterocycles. The van der Waals surface area contributed by atoms with E-state index in [-0.39, 0.29) is 0 Å². The van der Waals surface area contributed by atoms with Crippen molar-refractivity contribution in [2.45, 2.75) is 13.5 Å². The van der Waals surface area contributed by atoms with Crippen molar-refractivity contribution < 1.29 is 0 Å². The molecule has 0 fully saturated rings. The molecule has 0 bridgehead atoms. The first-order chi connectivity index (χ1) is 7.40. The van der Waals surface area contributed by atoms with E-state index in [2.05, 4.69) is 22.2 Å². The Morgan fingerprint density at radius 2 is 2.27 bits per heavy atom. The zero-order valence-electron chi connectivity index (χ0n) is 8.60. The Bertz CT molecular complexity index is 411. The van der Waals surface area contributed by atoms with Crippen LogP contribution in [0.15, 0.2) is 30.6 Å². The van der Waals surface area contributed by atoms with Crippen LogP contribution >= 0.6 is 11.3 Å². The molecule has 2 rings (SSSR count). The van der Waals surface area contributed by atoms with Crippen molar-refractivity contribution in [1.82, 2.24) is 15.3 Å². The molecule has 0 spiro atoms. The van der Waals surface area contributed by atoms with E-state index in [4.69, 9.17) is 0 Å². The molecule has 2 aromatic rings. The van der Waals surface area contributed by atoms with Crippen molar-refractivity contribution in [2.24, 2.45) is 0 Å². The zero-order valence-corrected chi connectivity index (χ0v) is 9.42. The first-order valence-electron chi connectivity index (χ1n) is 4.97. The number of nitrogens with one attached hydrogen (secondary N) is 1. The van der Waals surface area contributed by atoms with Gasteiger partial charge >= 0.3 is 0 Å². The van der Waals surface area contributed by atoms with Crippen molar-refractivity contribution in [2.75, 3.05) is 6.54 Å². The fourth-order valence-corrected chi connectivity index (χ4v) is 2.10. The molecule has 0 aliphatic rings. The van der Waals surface area contributed by atoms with Gasteiger partial charge in [0, 0.05) is 23.8 Å². The lowest BCUT2D eigenvalue weighted by Crippen LogP contribution is -2.10. The molecular weight excluding hydrogens is 206 g/mol. The van der Waals surface area contributed by atoms with Gasteiger partial charge in [-0.1, -0.05) is 13.0 Å². The molecular formula is C11H13N3S. The molecule has 0 aliphatic carbocycles. The molecule has 0 atom stereocenters. The Kier molecular flexibility index (Phi) is 3.42. The first kappa shape index (κ1) is 10.3. The summed E-state index contributed by atoms with van der Waals surface area (Å²) in [6, 6.07) is 5.88. The molecule has 0 saturated carbocycles. The van der Waals surface area contributed by atoms with Crippen molar-refractivity contribution in [3.05, 3.63) is 35.5 Å². The zero-order chi connectivity index (χ0) is 10.5. The van der Waals surface area contributed by atoms with Gasteiger partial charge in [0.15, 0.2) is 0 Å². The highest BCUT2D eigenvalue weighted by molar-refractivity contribution is 7.14. The third-order valence-electron chi connectivity index (χ3n) is 1.99. The fraction of sp³-hybridized carbons (Fsp3) is 0.273. The second-order valence-corrected chi connectivity index (χ2v) is 4.24. The average Bonchev–Trinajstić information content (AvgIpc) is 2.76. The molecule has 3 nitrogen and oxygen atoms in total. The minimum absolute atomic E-state index is 0.890. The fourth-order valence-electron chi connectivity index (χ4n) is 1.25. The highest BCUT2D eigenvalue weighted by atomic mass is 32.1. The van der Waals surface area contributed by atoms with Gasteiger partial charge < -0.3 is 5.32 Å². The van der Waals surface area contributed by atoms with Crippen molar-refractivity contribution in [1.29, 1.82) is 0 Å². The predicted octanol–water partition coefficient (Wildman–Crippen LogP) is 2.31. The number of hydrogen-bond acceptors (Lipinski definition) is 4. The Morgan fingerprint density at radius 1 is 1.33 bits per heavy atom. The van der Waals surface area contributed by atoms with Gasteiger partial charge in [-0.05, 0) is 18.7 Å². The number of aromatic nitrogens is 2. The largest absolute Gasteiger partial charge is 0.312 e. The minimum atomic E-state index is 0.890. The summed E-state index contributed by atoms with van der Waals surface area (Å²) in [6.45, 7) is 3.97. The van der Waals surface area contributed by atoms with E-state index in [9.17, 15) is 0 Å². The molecule has 2 heterocycles. The van der Waals surface area contributed by atoms with Gasteiger partial charge in [0.05, 0.1) is 5.69 Å². The van der Waals surface area contributed by atoms with Crippen LogP contribution in [0.2, 0.25) is 0 Å². The van der Waals surface area contributed by atoms with Gasteiger partial charge in [-0.3, -0.25) is 4.98 Å². The first-order valence-corrected chi connectivity index (χ1v) is 5.78. The quantitative estimate of drug-likeness (QED) is 0.857. The number of hydrogen-bond donors (Lipinski definition) is 1. The lowest BCUT2D eigenvalue weighted by molar-refractivity contribution is 0.734.